The summed E-state index contributed by atoms with van der Waals surface area (Å²) in [6.45, 7) is 0.694. The minimum absolute atomic E-state index is 0.0158. The highest BCUT2D eigenvalue weighted by atomic mass is 35.5. The predicted molar refractivity (Wildman–Crippen MR) is 111 cm³/mol. The van der Waals surface area contributed by atoms with Crippen LogP contribution >= 0.6 is 11.6 Å². The Balaban J connectivity index is 1.44. The molecular weight excluding hydrogens is 374 g/mol. The van der Waals surface area contributed by atoms with Gasteiger partial charge in [-0.2, -0.15) is 0 Å². The largest absolute Gasteiger partial charge is 0.345 e. The zero-order valence-corrected chi connectivity index (χ0v) is 16.9. The summed E-state index contributed by atoms with van der Waals surface area (Å²) >= 11 is 5.87. The monoisotopic (exact) mass is 399 g/mol. The number of hydrogen-bond donors (Lipinski definition) is 1. The fourth-order valence-corrected chi connectivity index (χ4v) is 3.77. The molecule has 28 heavy (non-hydrogen) atoms. The number of pyridine rings is 1. The highest BCUT2D eigenvalue weighted by molar-refractivity contribution is 6.30. The lowest BCUT2D eigenvalue weighted by atomic mass is 9.81. The predicted octanol–water partition coefficient (Wildman–Crippen LogP) is 4.18. The van der Waals surface area contributed by atoms with Crippen molar-refractivity contribution in [3.05, 3.63) is 59.4 Å². The van der Waals surface area contributed by atoms with Crippen molar-refractivity contribution in [2.75, 3.05) is 18.9 Å². The van der Waals surface area contributed by atoms with Crippen molar-refractivity contribution in [3.63, 3.8) is 0 Å². The molecule has 1 aliphatic rings. The molecule has 0 saturated heterocycles. The summed E-state index contributed by atoms with van der Waals surface area (Å²) in [5.41, 5.74) is 1.93. The first-order valence-electron chi connectivity index (χ1n) is 9.73. The number of amides is 2. The van der Waals surface area contributed by atoms with Gasteiger partial charge in [0.05, 0.1) is 0 Å². The van der Waals surface area contributed by atoms with E-state index in [1.54, 1.807) is 36.7 Å². The van der Waals surface area contributed by atoms with E-state index in [1.165, 1.54) is 5.56 Å². The molecule has 1 aromatic heterocycles. The first-order chi connectivity index (χ1) is 13.5. The van der Waals surface area contributed by atoms with Crippen LogP contribution in [0.4, 0.5) is 5.69 Å². The number of carbonyl (C=O) groups excluding carboxylic acids is 2. The van der Waals surface area contributed by atoms with Gasteiger partial charge < -0.3 is 10.2 Å². The topological polar surface area (TPSA) is 62.3 Å². The summed E-state index contributed by atoms with van der Waals surface area (Å²) in [6, 6.07) is 11.1. The molecule has 3 rings (SSSR count). The van der Waals surface area contributed by atoms with Gasteiger partial charge in [-0.25, -0.2) is 0 Å². The Morgan fingerprint density at radius 1 is 1.04 bits per heavy atom. The molecule has 0 radical (unpaired) electrons. The van der Waals surface area contributed by atoms with Gasteiger partial charge in [0.1, 0.15) is 0 Å². The van der Waals surface area contributed by atoms with Gasteiger partial charge in [-0.1, -0.05) is 11.6 Å². The summed E-state index contributed by atoms with van der Waals surface area (Å²) in [5.74, 6) is 0.189. The van der Waals surface area contributed by atoms with Crippen molar-refractivity contribution in [2.24, 2.45) is 11.8 Å². The van der Waals surface area contributed by atoms with Gasteiger partial charge in [0.25, 0.3) is 0 Å². The number of nitrogens with one attached hydrogen (secondary N) is 1. The molecule has 0 spiro atoms. The minimum atomic E-state index is -0.0400. The number of benzene rings is 1. The third kappa shape index (κ3) is 5.55. The Hall–Kier alpha value is -2.40. The van der Waals surface area contributed by atoms with Crippen molar-refractivity contribution in [3.8, 4) is 0 Å². The molecule has 0 bridgehead atoms. The van der Waals surface area contributed by atoms with Gasteiger partial charge in [0, 0.05) is 48.5 Å². The Labute approximate surface area is 171 Å². The molecule has 2 amide bonds. The summed E-state index contributed by atoms with van der Waals surface area (Å²) < 4.78 is 0. The molecule has 148 valence electrons. The maximum absolute atomic E-state index is 12.7. The standard InChI is InChI=1S/C22H26ClN3O2/c1-26(15-12-16-10-13-24-14-11-16)22(28)18-4-2-17(3-5-18)21(27)25-20-8-6-19(23)7-9-20/h6-11,13-14,17-18H,2-5,12,15H2,1H3,(H,25,27). The third-order valence-corrected chi connectivity index (χ3v) is 5.67. The Morgan fingerprint density at radius 2 is 1.64 bits per heavy atom. The lowest BCUT2D eigenvalue weighted by molar-refractivity contribution is -0.136. The van der Waals surface area contributed by atoms with Crippen LogP contribution < -0.4 is 5.32 Å². The van der Waals surface area contributed by atoms with Crippen LogP contribution in [0, 0.1) is 11.8 Å². The van der Waals surface area contributed by atoms with Crippen molar-refractivity contribution in [1.82, 2.24) is 9.88 Å². The lowest BCUT2D eigenvalue weighted by Crippen LogP contribution is -2.37. The van der Waals surface area contributed by atoms with Crippen LogP contribution in [0.3, 0.4) is 0 Å². The van der Waals surface area contributed by atoms with Crippen LogP contribution in [-0.2, 0) is 16.0 Å². The van der Waals surface area contributed by atoms with E-state index < -0.39 is 0 Å². The smallest absolute Gasteiger partial charge is 0.227 e. The summed E-state index contributed by atoms with van der Waals surface area (Å²) in [4.78, 5) is 31.0. The van der Waals surface area contributed by atoms with Crippen LogP contribution in [0.1, 0.15) is 31.2 Å². The number of rotatable bonds is 6. The number of anilines is 1. The molecule has 1 fully saturated rings. The number of likely N-dealkylation sites (N-methyl/N-ethyl adjacent to an activating group) is 1. The van der Waals surface area contributed by atoms with Crippen LogP contribution in [0.2, 0.25) is 5.02 Å². The summed E-state index contributed by atoms with van der Waals surface area (Å²) in [7, 11) is 1.86. The second-order valence-electron chi connectivity index (χ2n) is 7.41. The van der Waals surface area contributed by atoms with E-state index in [9.17, 15) is 9.59 Å². The number of nitrogens with zero attached hydrogens (tertiary/aromatic N) is 2. The van der Waals surface area contributed by atoms with Gasteiger partial charge in [-0.3, -0.25) is 14.6 Å². The fourth-order valence-electron chi connectivity index (χ4n) is 3.65. The van der Waals surface area contributed by atoms with Gasteiger partial charge in [0.15, 0.2) is 0 Å². The number of halogens is 1. The first kappa shape index (κ1) is 20.3. The van der Waals surface area contributed by atoms with Crippen molar-refractivity contribution < 1.29 is 9.59 Å². The van der Waals surface area contributed by atoms with Gasteiger partial charge in [-0.05, 0) is 74.1 Å². The minimum Gasteiger partial charge on any atom is -0.345 e. The average molecular weight is 400 g/mol. The average Bonchev–Trinajstić information content (AvgIpc) is 2.74. The molecule has 2 aromatic rings. The number of carbonyl (C=O) groups is 2. The molecule has 6 heteroatoms. The zero-order valence-electron chi connectivity index (χ0n) is 16.1. The van der Waals surface area contributed by atoms with E-state index in [1.807, 2.05) is 24.1 Å². The highest BCUT2D eigenvalue weighted by Gasteiger charge is 2.31. The number of aromatic nitrogens is 1. The SMILES string of the molecule is CN(CCc1ccncc1)C(=O)C1CCC(C(=O)Nc2ccc(Cl)cc2)CC1. The Kier molecular flexibility index (Phi) is 7.04. The van der Waals surface area contributed by atoms with E-state index in [0.29, 0.717) is 11.6 Å². The molecule has 1 heterocycles. The first-order valence-corrected chi connectivity index (χ1v) is 10.1. The number of hydrogen-bond acceptors (Lipinski definition) is 3. The zero-order chi connectivity index (χ0) is 19.9. The van der Waals surface area contributed by atoms with E-state index in [4.69, 9.17) is 11.6 Å². The maximum Gasteiger partial charge on any atom is 0.227 e. The van der Waals surface area contributed by atoms with Gasteiger partial charge in [0.2, 0.25) is 11.8 Å². The van der Waals surface area contributed by atoms with Crippen LogP contribution in [0.15, 0.2) is 48.8 Å². The van der Waals surface area contributed by atoms with E-state index in [-0.39, 0.29) is 23.7 Å². The molecule has 0 aliphatic heterocycles. The normalized spacial score (nSPS) is 19.1. The fraction of sp³-hybridized carbons (Fsp3) is 0.409. The molecule has 1 aromatic carbocycles. The van der Waals surface area contributed by atoms with Gasteiger partial charge >= 0.3 is 0 Å². The van der Waals surface area contributed by atoms with Crippen LogP contribution in [0.5, 0.6) is 0 Å². The molecule has 0 unspecified atom stereocenters. The van der Waals surface area contributed by atoms with Crippen LogP contribution in [-0.4, -0.2) is 35.3 Å². The third-order valence-electron chi connectivity index (χ3n) is 5.42. The van der Waals surface area contributed by atoms with Crippen molar-refractivity contribution >= 4 is 29.1 Å². The molecule has 1 saturated carbocycles. The molecule has 1 aliphatic carbocycles. The second kappa shape index (κ2) is 9.69. The van der Waals surface area contributed by atoms with E-state index >= 15 is 0 Å². The van der Waals surface area contributed by atoms with Crippen molar-refractivity contribution in [1.29, 1.82) is 0 Å². The molecule has 0 atom stereocenters. The molecule has 1 N–H and O–H groups in total. The summed E-state index contributed by atoms with van der Waals surface area (Å²) in [6.07, 6.45) is 7.38. The molecule has 5 nitrogen and oxygen atoms in total. The lowest BCUT2D eigenvalue weighted by Gasteiger charge is -2.30. The highest BCUT2D eigenvalue weighted by Crippen LogP contribution is 2.31. The Bertz CT molecular complexity index is 787. The quantitative estimate of drug-likeness (QED) is 0.792. The van der Waals surface area contributed by atoms with Crippen molar-refractivity contribution in [2.45, 2.75) is 32.1 Å². The van der Waals surface area contributed by atoms with E-state index in [0.717, 1.165) is 37.8 Å². The summed E-state index contributed by atoms with van der Waals surface area (Å²) in [5, 5.41) is 3.59. The maximum atomic E-state index is 12.7. The van der Waals surface area contributed by atoms with Crippen LogP contribution in [0.25, 0.3) is 0 Å². The molecular formula is C22H26ClN3O2. The van der Waals surface area contributed by atoms with E-state index in [2.05, 4.69) is 10.3 Å². The van der Waals surface area contributed by atoms with Gasteiger partial charge in [-0.15, -0.1) is 0 Å². The second-order valence-corrected chi connectivity index (χ2v) is 7.85. The Morgan fingerprint density at radius 3 is 2.29 bits per heavy atom.